The number of fused-ring (bicyclic) bond motifs is 1. The molecule has 0 saturated heterocycles. The van der Waals surface area contributed by atoms with E-state index in [1.807, 2.05) is 60.7 Å². The number of rotatable bonds is 7. The average Bonchev–Trinajstić information content (AvgIpc) is 3.10. The quantitative estimate of drug-likeness (QED) is 0.378. The van der Waals surface area contributed by atoms with Gasteiger partial charge in [-0.05, 0) is 53.5 Å². The second-order valence-electron chi connectivity index (χ2n) is 7.97. The molecule has 6 nitrogen and oxygen atoms in total. The molecular weight excluding hydrogens is 430 g/mol. The second-order valence-corrected chi connectivity index (χ2v) is 7.97. The van der Waals surface area contributed by atoms with Gasteiger partial charge in [0.15, 0.2) is 11.5 Å². The van der Waals surface area contributed by atoms with Gasteiger partial charge in [-0.1, -0.05) is 48.5 Å². The third-order valence-corrected chi connectivity index (χ3v) is 6.10. The number of allylic oxidation sites excluding steroid dienone is 1. The predicted octanol–water partition coefficient (Wildman–Crippen LogP) is 4.77. The van der Waals surface area contributed by atoms with Crippen molar-refractivity contribution in [3.63, 3.8) is 0 Å². The standard InChI is InChI=1S/C28H27NO5/c1-18-26(28(31)34-4)23(17-21-10-7-9-20-8-5-6-11-22(20)21)27(30)29(18)15-14-19-12-13-24(32-2)25(16-19)33-3/h5-13,16-17H,14-15H2,1-4H3/b23-17-. The largest absolute Gasteiger partial charge is 0.493 e. The maximum absolute atomic E-state index is 13.5. The van der Waals surface area contributed by atoms with E-state index < -0.39 is 5.97 Å². The maximum Gasteiger partial charge on any atom is 0.340 e. The van der Waals surface area contributed by atoms with Crippen LogP contribution in [0.5, 0.6) is 11.5 Å². The lowest BCUT2D eigenvalue weighted by atomic mass is 9.99. The fourth-order valence-corrected chi connectivity index (χ4v) is 4.31. The zero-order chi connectivity index (χ0) is 24.2. The van der Waals surface area contributed by atoms with Gasteiger partial charge in [-0.25, -0.2) is 4.79 Å². The molecule has 0 saturated carbocycles. The molecule has 1 aliphatic rings. The molecule has 0 N–H and O–H groups in total. The van der Waals surface area contributed by atoms with Crippen molar-refractivity contribution >= 4 is 28.7 Å². The lowest BCUT2D eigenvalue weighted by Crippen LogP contribution is -2.27. The molecule has 0 aliphatic carbocycles. The summed E-state index contributed by atoms with van der Waals surface area (Å²) in [5.41, 5.74) is 3.09. The summed E-state index contributed by atoms with van der Waals surface area (Å²) in [6, 6.07) is 19.5. The van der Waals surface area contributed by atoms with Crippen LogP contribution >= 0.6 is 0 Å². The molecule has 0 fully saturated rings. The summed E-state index contributed by atoms with van der Waals surface area (Å²) in [5.74, 6) is 0.539. The highest BCUT2D eigenvalue weighted by Crippen LogP contribution is 2.34. The van der Waals surface area contributed by atoms with Crippen molar-refractivity contribution in [1.29, 1.82) is 0 Å². The zero-order valence-corrected chi connectivity index (χ0v) is 19.8. The molecule has 0 aromatic heterocycles. The molecule has 0 atom stereocenters. The Hall–Kier alpha value is -4.06. The average molecular weight is 458 g/mol. The van der Waals surface area contributed by atoms with Gasteiger partial charge in [0, 0.05) is 12.2 Å². The van der Waals surface area contributed by atoms with Gasteiger partial charge in [-0.2, -0.15) is 0 Å². The molecule has 0 unspecified atom stereocenters. The van der Waals surface area contributed by atoms with Crippen molar-refractivity contribution in [1.82, 2.24) is 4.90 Å². The normalized spacial score (nSPS) is 14.8. The van der Waals surface area contributed by atoms with Gasteiger partial charge < -0.3 is 19.1 Å². The number of carbonyl (C=O) groups excluding carboxylic acids is 2. The Morgan fingerprint density at radius 2 is 1.68 bits per heavy atom. The van der Waals surface area contributed by atoms with Crippen LogP contribution in [-0.4, -0.2) is 44.7 Å². The highest BCUT2D eigenvalue weighted by molar-refractivity contribution is 6.17. The van der Waals surface area contributed by atoms with E-state index in [4.69, 9.17) is 14.2 Å². The molecule has 0 bridgehead atoms. The number of methoxy groups -OCH3 is 3. The Bertz CT molecular complexity index is 1320. The number of benzene rings is 3. The fraction of sp³-hybridized carbons (Fsp3) is 0.214. The Morgan fingerprint density at radius 1 is 0.941 bits per heavy atom. The van der Waals surface area contributed by atoms with Crippen LogP contribution in [0.15, 0.2) is 77.5 Å². The SMILES string of the molecule is COC(=O)C1=C(C)N(CCc2ccc(OC)c(OC)c2)C(=O)/C1=C\c1cccc2ccccc12. The van der Waals surface area contributed by atoms with Crippen LogP contribution < -0.4 is 9.47 Å². The van der Waals surface area contributed by atoms with Crippen LogP contribution in [0.4, 0.5) is 0 Å². The zero-order valence-electron chi connectivity index (χ0n) is 19.8. The minimum atomic E-state index is -0.522. The van der Waals surface area contributed by atoms with E-state index in [9.17, 15) is 9.59 Å². The van der Waals surface area contributed by atoms with E-state index in [0.29, 0.717) is 41.3 Å². The summed E-state index contributed by atoms with van der Waals surface area (Å²) in [6.45, 7) is 2.19. The molecule has 1 aliphatic heterocycles. The van der Waals surface area contributed by atoms with Crippen LogP contribution in [-0.2, 0) is 20.7 Å². The Kier molecular flexibility index (Phi) is 6.68. The molecule has 1 amide bonds. The summed E-state index contributed by atoms with van der Waals surface area (Å²) in [6.07, 6.45) is 2.37. The van der Waals surface area contributed by atoms with Crippen LogP contribution in [0, 0.1) is 0 Å². The third-order valence-electron chi connectivity index (χ3n) is 6.10. The molecule has 0 radical (unpaired) electrons. The van der Waals surface area contributed by atoms with E-state index >= 15 is 0 Å². The van der Waals surface area contributed by atoms with E-state index in [1.54, 1.807) is 32.1 Å². The molecule has 6 heteroatoms. The van der Waals surface area contributed by atoms with Crippen LogP contribution in [0.2, 0.25) is 0 Å². The van der Waals surface area contributed by atoms with Crippen molar-refractivity contribution in [3.8, 4) is 11.5 Å². The summed E-state index contributed by atoms with van der Waals surface area (Å²) in [5, 5.41) is 2.07. The van der Waals surface area contributed by atoms with Crippen LogP contribution in [0.3, 0.4) is 0 Å². The van der Waals surface area contributed by atoms with Crippen molar-refractivity contribution in [2.45, 2.75) is 13.3 Å². The highest BCUT2D eigenvalue weighted by atomic mass is 16.5. The first-order valence-electron chi connectivity index (χ1n) is 11.0. The van der Waals surface area contributed by atoms with Crippen LogP contribution in [0.25, 0.3) is 16.8 Å². The van der Waals surface area contributed by atoms with Crippen molar-refractivity contribution in [2.24, 2.45) is 0 Å². The van der Waals surface area contributed by atoms with Gasteiger partial charge in [0.25, 0.3) is 5.91 Å². The number of hydrogen-bond donors (Lipinski definition) is 0. The van der Waals surface area contributed by atoms with Gasteiger partial charge in [0.1, 0.15) is 0 Å². The number of esters is 1. The minimum Gasteiger partial charge on any atom is -0.493 e. The topological polar surface area (TPSA) is 65.1 Å². The number of hydrogen-bond acceptors (Lipinski definition) is 5. The second kappa shape index (κ2) is 9.83. The highest BCUT2D eigenvalue weighted by Gasteiger charge is 2.36. The van der Waals surface area contributed by atoms with E-state index in [1.165, 1.54) is 7.11 Å². The summed E-state index contributed by atoms with van der Waals surface area (Å²) >= 11 is 0. The Labute approximate surface area is 199 Å². The van der Waals surface area contributed by atoms with Gasteiger partial charge >= 0.3 is 5.97 Å². The third kappa shape index (κ3) is 4.27. The summed E-state index contributed by atoms with van der Waals surface area (Å²) in [4.78, 5) is 27.8. The molecule has 3 aromatic rings. The monoisotopic (exact) mass is 457 g/mol. The molecule has 174 valence electrons. The lowest BCUT2D eigenvalue weighted by Gasteiger charge is -2.18. The molecule has 1 heterocycles. The first-order chi connectivity index (χ1) is 16.5. The van der Waals surface area contributed by atoms with Gasteiger partial charge in [-0.15, -0.1) is 0 Å². The maximum atomic E-state index is 13.5. The Balaban J connectivity index is 1.68. The number of amides is 1. The van der Waals surface area contributed by atoms with Gasteiger partial charge in [0.05, 0.1) is 32.5 Å². The molecule has 34 heavy (non-hydrogen) atoms. The smallest absolute Gasteiger partial charge is 0.340 e. The molecular formula is C28H27NO5. The van der Waals surface area contributed by atoms with E-state index in [0.717, 1.165) is 21.9 Å². The molecule has 3 aromatic carbocycles. The summed E-state index contributed by atoms with van der Waals surface area (Å²) < 4.78 is 15.7. The Morgan fingerprint density at radius 3 is 2.41 bits per heavy atom. The van der Waals surface area contributed by atoms with Crippen LogP contribution in [0.1, 0.15) is 18.1 Å². The minimum absolute atomic E-state index is 0.216. The first kappa shape index (κ1) is 23.1. The van der Waals surface area contributed by atoms with Crippen molar-refractivity contribution in [3.05, 3.63) is 88.6 Å². The van der Waals surface area contributed by atoms with E-state index in [2.05, 4.69) is 0 Å². The van der Waals surface area contributed by atoms with Gasteiger partial charge in [-0.3, -0.25) is 4.79 Å². The molecule has 4 rings (SSSR count). The molecule has 0 spiro atoms. The number of nitrogens with zero attached hydrogens (tertiary/aromatic N) is 1. The number of ether oxygens (including phenoxy) is 3. The van der Waals surface area contributed by atoms with Gasteiger partial charge in [0.2, 0.25) is 0 Å². The number of carbonyl (C=O) groups is 2. The van der Waals surface area contributed by atoms with E-state index in [-0.39, 0.29) is 5.91 Å². The fourth-order valence-electron chi connectivity index (χ4n) is 4.31. The van der Waals surface area contributed by atoms with Crippen molar-refractivity contribution < 1.29 is 23.8 Å². The predicted molar refractivity (Wildman–Crippen MR) is 132 cm³/mol. The first-order valence-corrected chi connectivity index (χ1v) is 11.0. The summed E-state index contributed by atoms with van der Waals surface area (Å²) in [7, 11) is 4.51. The van der Waals surface area contributed by atoms with Crippen molar-refractivity contribution in [2.75, 3.05) is 27.9 Å². The lowest BCUT2D eigenvalue weighted by molar-refractivity contribution is -0.136.